The second kappa shape index (κ2) is 8.59. The fourth-order valence-electron chi connectivity index (χ4n) is 2.23. The van der Waals surface area contributed by atoms with Crippen LogP contribution in [0.15, 0.2) is 24.3 Å². The smallest absolute Gasteiger partial charge is 0.226 e. The van der Waals surface area contributed by atoms with E-state index < -0.39 is 0 Å². The standard InChI is InChI=1S/C16H26N2O2/c1-4-13(11-12-17)5-10-16(19)18(2)14-6-8-15(20-3)9-7-14/h6-9,13H,4-5,10-12,17H2,1-3H3. The third kappa shape index (κ3) is 4.85. The van der Waals surface area contributed by atoms with Gasteiger partial charge in [0.15, 0.2) is 0 Å². The molecule has 0 heterocycles. The molecule has 112 valence electrons. The van der Waals surface area contributed by atoms with Gasteiger partial charge in [-0.3, -0.25) is 4.79 Å². The Morgan fingerprint density at radius 3 is 2.45 bits per heavy atom. The topological polar surface area (TPSA) is 55.6 Å². The Hall–Kier alpha value is -1.55. The summed E-state index contributed by atoms with van der Waals surface area (Å²) in [5.41, 5.74) is 6.47. The molecule has 1 unspecified atom stereocenters. The van der Waals surface area contributed by atoms with Gasteiger partial charge < -0.3 is 15.4 Å². The third-order valence-electron chi connectivity index (χ3n) is 3.75. The Balaban J connectivity index is 2.53. The van der Waals surface area contributed by atoms with E-state index in [4.69, 9.17) is 10.5 Å². The molecule has 2 N–H and O–H groups in total. The van der Waals surface area contributed by atoms with Crippen molar-refractivity contribution in [2.24, 2.45) is 11.7 Å². The van der Waals surface area contributed by atoms with E-state index in [-0.39, 0.29) is 5.91 Å². The van der Waals surface area contributed by atoms with Gasteiger partial charge in [0.25, 0.3) is 0 Å². The molecule has 0 aliphatic rings. The summed E-state index contributed by atoms with van der Waals surface area (Å²) in [6.45, 7) is 2.85. The van der Waals surface area contributed by atoms with Gasteiger partial charge in [-0.2, -0.15) is 0 Å². The molecule has 1 atom stereocenters. The molecule has 0 aliphatic carbocycles. The van der Waals surface area contributed by atoms with E-state index in [1.54, 1.807) is 12.0 Å². The van der Waals surface area contributed by atoms with Crippen LogP contribution in [-0.2, 0) is 4.79 Å². The lowest BCUT2D eigenvalue weighted by molar-refractivity contribution is -0.118. The van der Waals surface area contributed by atoms with Crippen LogP contribution in [0.3, 0.4) is 0 Å². The number of benzene rings is 1. The molecule has 0 aliphatic heterocycles. The van der Waals surface area contributed by atoms with Crippen LogP contribution in [-0.4, -0.2) is 26.6 Å². The molecule has 4 heteroatoms. The molecule has 0 fully saturated rings. The average molecular weight is 278 g/mol. The highest BCUT2D eigenvalue weighted by molar-refractivity contribution is 5.92. The van der Waals surface area contributed by atoms with Gasteiger partial charge in [-0.1, -0.05) is 13.3 Å². The second-order valence-electron chi connectivity index (χ2n) is 5.04. The van der Waals surface area contributed by atoms with Crippen LogP contribution < -0.4 is 15.4 Å². The minimum Gasteiger partial charge on any atom is -0.497 e. The van der Waals surface area contributed by atoms with E-state index in [1.165, 1.54) is 0 Å². The maximum atomic E-state index is 12.2. The van der Waals surface area contributed by atoms with Crippen LogP contribution in [0.2, 0.25) is 0 Å². The molecule has 0 bridgehead atoms. The summed E-state index contributed by atoms with van der Waals surface area (Å²) in [5, 5.41) is 0. The van der Waals surface area contributed by atoms with Crippen molar-refractivity contribution in [2.45, 2.75) is 32.6 Å². The predicted octanol–water partition coefficient (Wildman–Crippen LogP) is 2.81. The van der Waals surface area contributed by atoms with Gasteiger partial charge >= 0.3 is 0 Å². The lowest BCUT2D eigenvalue weighted by Crippen LogP contribution is -2.26. The Bertz CT molecular complexity index is 403. The summed E-state index contributed by atoms with van der Waals surface area (Å²) in [7, 11) is 3.44. The van der Waals surface area contributed by atoms with Crippen molar-refractivity contribution in [3.8, 4) is 5.75 Å². The third-order valence-corrected chi connectivity index (χ3v) is 3.75. The van der Waals surface area contributed by atoms with Gasteiger partial charge in [0.2, 0.25) is 5.91 Å². The molecular formula is C16H26N2O2. The minimum atomic E-state index is 0.144. The van der Waals surface area contributed by atoms with E-state index in [9.17, 15) is 4.79 Å². The number of ether oxygens (including phenoxy) is 1. The first kappa shape index (κ1) is 16.5. The van der Waals surface area contributed by atoms with Crippen LogP contribution in [0.5, 0.6) is 5.75 Å². The molecule has 1 aromatic rings. The fourth-order valence-corrected chi connectivity index (χ4v) is 2.23. The van der Waals surface area contributed by atoms with E-state index in [0.717, 1.165) is 30.7 Å². The summed E-state index contributed by atoms with van der Waals surface area (Å²) < 4.78 is 5.11. The van der Waals surface area contributed by atoms with Crippen LogP contribution in [0.4, 0.5) is 5.69 Å². The lowest BCUT2D eigenvalue weighted by atomic mass is 9.96. The SMILES string of the molecule is CCC(CCN)CCC(=O)N(C)c1ccc(OC)cc1. The van der Waals surface area contributed by atoms with Gasteiger partial charge in [-0.25, -0.2) is 0 Å². The Kier molecular flexibility index (Phi) is 7.09. The van der Waals surface area contributed by atoms with Crippen molar-refractivity contribution < 1.29 is 9.53 Å². The van der Waals surface area contributed by atoms with Crippen molar-refractivity contribution in [3.63, 3.8) is 0 Å². The van der Waals surface area contributed by atoms with Crippen molar-refractivity contribution >= 4 is 11.6 Å². The predicted molar refractivity (Wildman–Crippen MR) is 83.1 cm³/mol. The summed E-state index contributed by atoms with van der Waals surface area (Å²) in [5.74, 6) is 1.49. The quantitative estimate of drug-likeness (QED) is 0.795. The first-order valence-electron chi connectivity index (χ1n) is 7.23. The maximum Gasteiger partial charge on any atom is 0.226 e. The summed E-state index contributed by atoms with van der Waals surface area (Å²) >= 11 is 0. The first-order valence-corrected chi connectivity index (χ1v) is 7.23. The highest BCUT2D eigenvalue weighted by Gasteiger charge is 2.13. The molecule has 0 radical (unpaired) electrons. The van der Waals surface area contributed by atoms with E-state index in [2.05, 4.69) is 6.92 Å². The van der Waals surface area contributed by atoms with E-state index in [1.807, 2.05) is 31.3 Å². The zero-order valence-corrected chi connectivity index (χ0v) is 12.8. The normalized spacial score (nSPS) is 12.0. The summed E-state index contributed by atoms with van der Waals surface area (Å²) in [6.07, 6.45) is 3.56. The van der Waals surface area contributed by atoms with Gasteiger partial charge in [0.05, 0.1) is 7.11 Å². The molecule has 0 saturated heterocycles. The number of nitrogens with zero attached hydrogens (tertiary/aromatic N) is 1. The van der Waals surface area contributed by atoms with E-state index in [0.29, 0.717) is 18.9 Å². The van der Waals surface area contributed by atoms with Crippen molar-refractivity contribution in [1.82, 2.24) is 0 Å². The van der Waals surface area contributed by atoms with Crippen LogP contribution in [0.25, 0.3) is 0 Å². The van der Waals surface area contributed by atoms with Crippen LogP contribution in [0, 0.1) is 5.92 Å². The van der Waals surface area contributed by atoms with Gasteiger partial charge in [-0.05, 0) is 49.6 Å². The molecule has 4 nitrogen and oxygen atoms in total. The molecule has 0 saturated carbocycles. The summed E-state index contributed by atoms with van der Waals surface area (Å²) in [4.78, 5) is 13.9. The number of nitrogens with two attached hydrogens (primary N) is 1. The number of methoxy groups -OCH3 is 1. The molecule has 0 spiro atoms. The van der Waals surface area contributed by atoms with Crippen molar-refractivity contribution in [1.29, 1.82) is 0 Å². The number of amides is 1. The average Bonchev–Trinajstić information content (AvgIpc) is 2.50. The highest BCUT2D eigenvalue weighted by Crippen LogP contribution is 2.20. The zero-order chi connectivity index (χ0) is 15.0. The Morgan fingerprint density at radius 1 is 1.30 bits per heavy atom. The molecule has 0 aromatic heterocycles. The number of carbonyl (C=O) groups is 1. The first-order chi connectivity index (χ1) is 9.62. The van der Waals surface area contributed by atoms with Crippen LogP contribution >= 0.6 is 0 Å². The number of anilines is 1. The van der Waals surface area contributed by atoms with Gasteiger partial charge in [0.1, 0.15) is 5.75 Å². The molecule has 1 amide bonds. The molecular weight excluding hydrogens is 252 g/mol. The zero-order valence-electron chi connectivity index (χ0n) is 12.8. The second-order valence-corrected chi connectivity index (χ2v) is 5.04. The maximum absolute atomic E-state index is 12.2. The van der Waals surface area contributed by atoms with Crippen LogP contribution in [0.1, 0.15) is 32.6 Å². The molecule has 1 aromatic carbocycles. The fraction of sp³-hybridized carbons (Fsp3) is 0.562. The Morgan fingerprint density at radius 2 is 1.95 bits per heavy atom. The monoisotopic (exact) mass is 278 g/mol. The number of hydrogen-bond acceptors (Lipinski definition) is 3. The van der Waals surface area contributed by atoms with Crippen molar-refractivity contribution in [2.75, 3.05) is 25.6 Å². The van der Waals surface area contributed by atoms with Crippen molar-refractivity contribution in [3.05, 3.63) is 24.3 Å². The molecule has 20 heavy (non-hydrogen) atoms. The lowest BCUT2D eigenvalue weighted by Gasteiger charge is -2.19. The molecule has 1 rings (SSSR count). The highest BCUT2D eigenvalue weighted by atomic mass is 16.5. The van der Waals surface area contributed by atoms with Gasteiger partial charge in [0, 0.05) is 19.2 Å². The minimum absolute atomic E-state index is 0.144. The Labute approximate surface area is 121 Å². The van der Waals surface area contributed by atoms with E-state index >= 15 is 0 Å². The largest absolute Gasteiger partial charge is 0.497 e. The number of rotatable bonds is 8. The number of carbonyl (C=O) groups excluding carboxylic acids is 1. The summed E-state index contributed by atoms with van der Waals surface area (Å²) in [6, 6.07) is 7.52. The number of hydrogen-bond donors (Lipinski definition) is 1. The van der Waals surface area contributed by atoms with Gasteiger partial charge in [-0.15, -0.1) is 0 Å².